The molecule has 0 amide bonds. The lowest BCUT2D eigenvalue weighted by atomic mass is 10.0. The van der Waals surface area contributed by atoms with E-state index in [4.69, 9.17) is 19.3 Å². The Morgan fingerprint density at radius 2 is 0.792 bits per heavy atom. The molecule has 0 saturated heterocycles. The van der Waals surface area contributed by atoms with E-state index < -0.39 is 13.9 Å². The smallest absolute Gasteiger partial charge is 0.457 e. The third-order valence-electron chi connectivity index (χ3n) is 9.41. The molecule has 0 saturated carbocycles. The van der Waals surface area contributed by atoms with Gasteiger partial charge in [-0.2, -0.15) is 0 Å². The van der Waals surface area contributed by atoms with Gasteiger partial charge in [-0.3, -0.25) is 9.32 Å². The first kappa shape index (κ1) is 47.5. The first-order valence-corrected chi connectivity index (χ1v) is 22.4. The maximum absolute atomic E-state index is 12.4. The van der Waals surface area contributed by atoms with Gasteiger partial charge in [0.25, 0.3) is 0 Å². The molecule has 2 N–H and O–H groups in total. The van der Waals surface area contributed by atoms with E-state index in [1.807, 2.05) is 0 Å². The minimum atomic E-state index is -4.64. The highest BCUT2D eigenvalue weighted by Crippen LogP contribution is 2.36. The molecule has 0 fully saturated rings. The van der Waals surface area contributed by atoms with Crippen molar-refractivity contribution >= 4 is 13.8 Å². The summed E-state index contributed by atoms with van der Waals surface area (Å²) in [6.07, 6.45) is 41.0. The zero-order valence-electron chi connectivity index (χ0n) is 31.9. The molecule has 0 aliphatic carbocycles. The van der Waals surface area contributed by atoms with Gasteiger partial charge in [0.05, 0.1) is 13.2 Å². The number of phosphoric ester groups is 1. The van der Waals surface area contributed by atoms with Crippen molar-refractivity contribution in [3.63, 3.8) is 0 Å². The summed E-state index contributed by atoms with van der Waals surface area (Å²) in [7, 11) is -4.64. The van der Waals surface area contributed by atoms with Crippen molar-refractivity contribution in [1.82, 2.24) is 0 Å². The number of carbonyl (C=O) groups excluding carboxylic acids is 1. The first-order chi connectivity index (χ1) is 23.4. The molecule has 0 spiro atoms. The first-order valence-electron chi connectivity index (χ1n) is 20.9. The van der Waals surface area contributed by atoms with Crippen LogP contribution in [0.4, 0.5) is 0 Å². The highest BCUT2D eigenvalue weighted by atomic mass is 31.2. The Labute approximate surface area is 298 Å². The second-order valence-corrected chi connectivity index (χ2v) is 15.6. The number of hydrogen-bond donors (Lipinski definition) is 2. The molecule has 0 aromatic carbocycles. The predicted molar refractivity (Wildman–Crippen MR) is 202 cm³/mol. The number of phosphoric acid groups is 1. The van der Waals surface area contributed by atoms with Gasteiger partial charge in [-0.1, -0.05) is 206 Å². The summed E-state index contributed by atoms with van der Waals surface area (Å²) in [5.41, 5.74) is 0. The van der Waals surface area contributed by atoms with Gasteiger partial charge in [-0.15, -0.1) is 0 Å². The van der Waals surface area contributed by atoms with E-state index in [-0.39, 0.29) is 19.2 Å². The monoisotopic (exact) mass is 705 g/mol. The molecule has 0 aliphatic heterocycles. The maximum atomic E-state index is 12.4. The number of unbranched alkanes of at least 4 members (excludes halogenated alkanes) is 30. The van der Waals surface area contributed by atoms with Crippen molar-refractivity contribution in [3.05, 3.63) is 0 Å². The molecule has 48 heavy (non-hydrogen) atoms. The van der Waals surface area contributed by atoms with Gasteiger partial charge in [-0.05, 0) is 12.8 Å². The van der Waals surface area contributed by atoms with Crippen molar-refractivity contribution in [2.45, 2.75) is 232 Å². The molecule has 0 bridgehead atoms. The molecule has 0 rings (SSSR count). The summed E-state index contributed by atoms with van der Waals surface area (Å²) in [6, 6.07) is 0. The highest BCUT2D eigenvalue weighted by Gasteiger charge is 2.21. The zero-order valence-corrected chi connectivity index (χ0v) is 32.8. The van der Waals surface area contributed by atoms with Gasteiger partial charge in [0.15, 0.2) is 0 Å². The summed E-state index contributed by atoms with van der Waals surface area (Å²) in [5.74, 6) is -0.358. The van der Waals surface area contributed by atoms with E-state index in [1.54, 1.807) is 0 Å². The fourth-order valence-electron chi connectivity index (χ4n) is 6.33. The molecule has 0 radical (unpaired) electrons. The van der Waals surface area contributed by atoms with Crippen LogP contribution in [0.15, 0.2) is 0 Å². The molecule has 0 unspecified atom stereocenters. The van der Waals surface area contributed by atoms with Gasteiger partial charge in [0.2, 0.25) is 0 Å². The molecular weight excluding hydrogens is 623 g/mol. The zero-order chi connectivity index (χ0) is 35.2. The Morgan fingerprint density at radius 1 is 0.479 bits per heavy atom. The normalized spacial score (nSPS) is 12.5. The van der Waals surface area contributed by atoms with Crippen molar-refractivity contribution < 1.29 is 33.1 Å². The van der Waals surface area contributed by atoms with E-state index in [9.17, 15) is 9.36 Å². The van der Waals surface area contributed by atoms with Gasteiger partial charge in [0.1, 0.15) is 6.10 Å². The highest BCUT2D eigenvalue weighted by molar-refractivity contribution is 7.46. The van der Waals surface area contributed by atoms with Gasteiger partial charge in [-0.25, -0.2) is 4.57 Å². The van der Waals surface area contributed by atoms with E-state index in [0.717, 1.165) is 32.1 Å². The Kier molecular flexibility index (Phi) is 37.4. The molecule has 0 aliphatic rings. The SMILES string of the molecule is CCCCCCCCCCCCCCCCCCCCCCOC[C@H](COP(=O)(O)O)OC(=O)CCCCCCCCCCCCCC. The maximum Gasteiger partial charge on any atom is 0.469 e. The summed E-state index contributed by atoms with van der Waals surface area (Å²) in [4.78, 5) is 30.5. The van der Waals surface area contributed by atoms with Gasteiger partial charge in [0, 0.05) is 13.0 Å². The van der Waals surface area contributed by atoms with Crippen LogP contribution in [0, 0.1) is 0 Å². The largest absolute Gasteiger partial charge is 0.469 e. The molecule has 0 heterocycles. The third-order valence-corrected chi connectivity index (χ3v) is 9.89. The number of rotatable bonds is 40. The topological polar surface area (TPSA) is 102 Å². The Morgan fingerprint density at radius 3 is 1.12 bits per heavy atom. The van der Waals surface area contributed by atoms with Crippen LogP contribution in [0.1, 0.15) is 226 Å². The standard InChI is InChI=1S/C40H81O7P/c1-3-5-7-9-11-13-15-17-18-19-20-21-22-23-24-26-28-30-32-34-36-45-37-39(38-46-48(42,43)44)47-40(41)35-33-31-29-27-25-16-14-12-10-8-6-4-2/h39H,3-38H2,1-2H3,(H2,42,43,44)/t39-/m1/s1. The van der Waals surface area contributed by atoms with Crippen LogP contribution < -0.4 is 0 Å². The summed E-state index contributed by atoms with van der Waals surface area (Å²) in [6.45, 7) is 4.79. The van der Waals surface area contributed by atoms with Crippen LogP contribution in [0.3, 0.4) is 0 Å². The minimum absolute atomic E-state index is 0.0866. The fraction of sp³-hybridized carbons (Fsp3) is 0.975. The van der Waals surface area contributed by atoms with Gasteiger partial charge < -0.3 is 19.3 Å². The Bertz CT molecular complexity index is 699. The predicted octanol–water partition coefficient (Wildman–Crippen LogP) is 12.9. The fourth-order valence-corrected chi connectivity index (χ4v) is 6.69. The van der Waals surface area contributed by atoms with Crippen molar-refractivity contribution in [3.8, 4) is 0 Å². The number of ether oxygens (including phenoxy) is 2. The van der Waals surface area contributed by atoms with Gasteiger partial charge >= 0.3 is 13.8 Å². The number of carbonyl (C=O) groups is 1. The van der Waals surface area contributed by atoms with Crippen molar-refractivity contribution in [2.75, 3.05) is 19.8 Å². The van der Waals surface area contributed by atoms with Crippen LogP contribution in [0.2, 0.25) is 0 Å². The molecule has 288 valence electrons. The average Bonchev–Trinajstić information content (AvgIpc) is 3.06. The minimum Gasteiger partial charge on any atom is -0.457 e. The molecule has 8 heteroatoms. The third kappa shape index (κ3) is 40.0. The summed E-state index contributed by atoms with van der Waals surface area (Å²) >= 11 is 0. The lowest BCUT2D eigenvalue weighted by molar-refractivity contribution is -0.154. The Balaban J connectivity index is 3.70. The summed E-state index contributed by atoms with van der Waals surface area (Å²) in [5, 5.41) is 0. The van der Waals surface area contributed by atoms with Crippen molar-refractivity contribution in [1.29, 1.82) is 0 Å². The number of esters is 1. The van der Waals surface area contributed by atoms with E-state index in [0.29, 0.717) is 13.0 Å². The van der Waals surface area contributed by atoms with E-state index in [1.165, 1.54) is 173 Å². The lowest BCUT2D eigenvalue weighted by Crippen LogP contribution is -2.28. The van der Waals surface area contributed by atoms with Crippen LogP contribution in [0.5, 0.6) is 0 Å². The number of hydrogen-bond acceptors (Lipinski definition) is 5. The van der Waals surface area contributed by atoms with E-state index in [2.05, 4.69) is 18.4 Å². The van der Waals surface area contributed by atoms with Crippen LogP contribution in [-0.2, 0) is 23.4 Å². The average molecular weight is 705 g/mol. The van der Waals surface area contributed by atoms with Crippen molar-refractivity contribution in [2.24, 2.45) is 0 Å². The molecule has 7 nitrogen and oxygen atoms in total. The Hall–Kier alpha value is -0.460. The van der Waals surface area contributed by atoms with Crippen LogP contribution in [-0.4, -0.2) is 41.7 Å². The van der Waals surface area contributed by atoms with Crippen LogP contribution in [0.25, 0.3) is 0 Å². The summed E-state index contributed by atoms with van der Waals surface area (Å²) < 4.78 is 27.0. The second-order valence-electron chi connectivity index (χ2n) is 14.3. The molecule has 0 aromatic heterocycles. The molecular formula is C40H81O7P. The van der Waals surface area contributed by atoms with E-state index >= 15 is 0 Å². The molecule has 1 atom stereocenters. The van der Waals surface area contributed by atoms with Crippen LogP contribution >= 0.6 is 7.82 Å². The lowest BCUT2D eigenvalue weighted by Gasteiger charge is -2.18. The quantitative estimate of drug-likeness (QED) is 0.0372. The second kappa shape index (κ2) is 37.8. The molecule has 0 aromatic rings.